The third kappa shape index (κ3) is 5.48. The predicted octanol–water partition coefficient (Wildman–Crippen LogP) is 6.49. The molecule has 3 aromatic rings. The molecule has 0 aliphatic heterocycles. The van der Waals surface area contributed by atoms with Gasteiger partial charge < -0.3 is 15.0 Å². The van der Waals surface area contributed by atoms with Gasteiger partial charge in [0.2, 0.25) is 5.78 Å². The predicted molar refractivity (Wildman–Crippen MR) is 130 cm³/mol. The molecule has 0 spiro atoms. The van der Waals surface area contributed by atoms with Gasteiger partial charge in [-0.3, -0.25) is 4.79 Å². The molecule has 0 radical (unpaired) electrons. The second-order valence-electron chi connectivity index (χ2n) is 8.90. The van der Waals surface area contributed by atoms with Gasteiger partial charge in [-0.25, -0.2) is 18.7 Å². The summed E-state index contributed by atoms with van der Waals surface area (Å²) in [6, 6.07) is 2.12. The van der Waals surface area contributed by atoms with Crippen molar-refractivity contribution in [2.75, 3.05) is 16.6 Å². The van der Waals surface area contributed by atoms with Gasteiger partial charge in [0.1, 0.15) is 23.6 Å². The first-order chi connectivity index (χ1) is 17.1. The molecule has 192 valence electrons. The minimum Gasteiger partial charge on any atom is -0.369 e. The molecule has 36 heavy (non-hydrogen) atoms. The monoisotopic (exact) mass is 525 g/mol. The average molecular weight is 526 g/mol. The number of benzene rings is 1. The maximum atomic E-state index is 15.3. The van der Waals surface area contributed by atoms with Crippen molar-refractivity contribution in [2.24, 2.45) is 11.8 Å². The second kappa shape index (κ2) is 10.5. The molecule has 2 aromatic heterocycles. The van der Waals surface area contributed by atoms with Crippen molar-refractivity contribution in [3.8, 4) is 0 Å². The van der Waals surface area contributed by atoms with E-state index in [0.717, 1.165) is 30.2 Å². The smallest absolute Gasteiger partial charge is 0.369 e. The van der Waals surface area contributed by atoms with E-state index in [1.165, 1.54) is 18.6 Å². The number of anilines is 2. The Balaban J connectivity index is 1.58. The maximum absolute atomic E-state index is 15.3. The summed E-state index contributed by atoms with van der Waals surface area (Å²) in [4.78, 5) is 24.4. The van der Waals surface area contributed by atoms with E-state index in [4.69, 9.17) is 0 Å². The fourth-order valence-corrected chi connectivity index (χ4v) is 4.71. The Bertz CT molecular complexity index is 1290. The van der Waals surface area contributed by atoms with Gasteiger partial charge in [0.15, 0.2) is 5.82 Å². The number of hydrogen-bond acceptors (Lipinski definition) is 6. The molecule has 2 atom stereocenters. The Morgan fingerprint density at radius 3 is 2.64 bits per heavy atom. The van der Waals surface area contributed by atoms with Crippen LogP contribution in [0.5, 0.6) is 0 Å². The first-order valence-corrected chi connectivity index (χ1v) is 12.2. The van der Waals surface area contributed by atoms with Crippen molar-refractivity contribution >= 4 is 40.3 Å². The third-order valence-corrected chi connectivity index (χ3v) is 6.80. The van der Waals surface area contributed by atoms with Gasteiger partial charge in [0.05, 0.1) is 28.1 Å². The number of hydrogen-bond donors (Lipinski definition) is 3. The lowest BCUT2D eigenvalue weighted by molar-refractivity contribution is -0.163. The number of H-pyrrole nitrogens is 1. The number of halogens is 5. The first-order valence-electron chi connectivity index (χ1n) is 11.3. The van der Waals surface area contributed by atoms with Crippen LogP contribution >= 0.6 is 11.9 Å². The zero-order valence-corrected chi connectivity index (χ0v) is 20.2. The lowest BCUT2D eigenvalue weighted by Gasteiger charge is -2.24. The number of carbonyl (C=O) groups excluding carboxylic acids is 1. The van der Waals surface area contributed by atoms with Gasteiger partial charge in [-0.05, 0) is 42.8 Å². The molecule has 0 saturated carbocycles. The zero-order chi connectivity index (χ0) is 26.0. The van der Waals surface area contributed by atoms with Gasteiger partial charge in [0.25, 0.3) is 0 Å². The quantitative estimate of drug-likeness (QED) is 0.135. The number of allylic oxidation sites excluding steroid dienone is 1. The van der Waals surface area contributed by atoms with E-state index < -0.39 is 35.1 Å². The fourth-order valence-electron chi connectivity index (χ4n) is 3.86. The molecule has 0 amide bonds. The van der Waals surface area contributed by atoms with E-state index in [9.17, 15) is 22.4 Å². The minimum absolute atomic E-state index is 0.00728. The number of fused-ring (bicyclic) bond motifs is 1. The van der Waals surface area contributed by atoms with Crippen molar-refractivity contribution < 1.29 is 26.7 Å². The van der Waals surface area contributed by atoms with Crippen LogP contribution in [-0.4, -0.2) is 38.7 Å². The van der Waals surface area contributed by atoms with E-state index in [0.29, 0.717) is 23.4 Å². The van der Waals surface area contributed by atoms with Crippen molar-refractivity contribution in [2.45, 2.75) is 38.1 Å². The summed E-state index contributed by atoms with van der Waals surface area (Å²) in [5.41, 5.74) is -0.554. The van der Waals surface area contributed by atoms with Crippen molar-refractivity contribution in [3.63, 3.8) is 0 Å². The SMILES string of the molecule is CC(C)CNc1ncnc2[nH]cc(C(=O)c3c(F)ccc(NSC4C=CC(C(F)(F)F)CC4)c3F)c12. The summed E-state index contributed by atoms with van der Waals surface area (Å²) in [7, 11) is 0. The molecule has 1 aromatic carbocycles. The topological polar surface area (TPSA) is 82.7 Å². The molecule has 6 nitrogen and oxygen atoms in total. The Hall–Kier alpha value is -3.15. The van der Waals surface area contributed by atoms with E-state index in [-0.39, 0.29) is 35.3 Å². The van der Waals surface area contributed by atoms with Gasteiger partial charge in [-0.15, -0.1) is 0 Å². The van der Waals surface area contributed by atoms with E-state index in [1.807, 2.05) is 13.8 Å². The Morgan fingerprint density at radius 1 is 1.19 bits per heavy atom. The molecular formula is C24H24F5N5OS. The largest absolute Gasteiger partial charge is 0.395 e. The lowest BCUT2D eigenvalue weighted by atomic mass is 9.95. The highest BCUT2D eigenvalue weighted by atomic mass is 32.2. The van der Waals surface area contributed by atoms with Gasteiger partial charge in [-0.1, -0.05) is 26.0 Å². The second-order valence-corrected chi connectivity index (χ2v) is 9.95. The van der Waals surface area contributed by atoms with Crippen molar-refractivity contribution in [3.05, 3.63) is 59.6 Å². The molecule has 1 aliphatic rings. The fraction of sp³-hybridized carbons (Fsp3) is 0.375. The molecule has 4 rings (SSSR count). The van der Waals surface area contributed by atoms with Crippen LogP contribution in [0, 0.1) is 23.5 Å². The minimum atomic E-state index is -4.30. The van der Waals surface area contributed by atoms with Crippen molar-refractivity contribution in [1.29, 1.82) is 0 Å². The number of nitrogens with one attached hydrogen (secondary N) is 3. The molecule has 12 heteroatoms. The van der Waals surface area contributed by atoms with Crippen LogP contribution in [-0.2, 0) is 0 Å². The summed E-state index contributed by atoms with van der Waals surface area (Å²) in [6.07, 6.45) is 1.02. The third-order valence-electron chi connectivity index (χ3n) is 5.77. The lowest BCUT2D eigenvalue weighted by Crippen LogP contribution is -2.25. The van der Waals surface area contributed by atoms with Crippen LogP contribution in [0.1, 0.15) is 42.6 Å². The molecule has 0 fully saturated rings. The van der Waals surface area contributed by atoms with Crippen LogP contribution in [0.15, 0.2) is 36.8 Å². The van der Waals surface area contributed by atoms with E-state index in [1.54, 1.807) is 0 Å². The Kier molecular flexibility index (Phi) is 7.53. The maximum Gasteiger partial charge on any atom is 0.395 e. The van der Waals surface area contributed by atoms with E-state index >= 15 is 4.39 Å². The van der Waals surface area contributed by atoms with Crippen molar-refractivity contribution in [1.82, 2.24) is 15.0 Å². The Labute approximate surface area is 208 Å². The highest BCUT2D eigenvalue weighted by molar-refractivity contribution is 8.01. The average Bonchev–Trinajstić information content (AvgIpc) is 3.27. The number of aromatic nitrogens is 3. The molecule has 2 heterocycles. The first kappa shape index (κ1) is 25.9. The molecule has 0 bridgehead atoms. The summed E-state index contributed by atoms with van der Waals surface area (Å²) in [5.74, 6) is -3.88. The summed E-state index contributed by atoms with van der Waals surface area (Å²) >= 11 is 1.00. The number of carbonyl (C=O) groups is 1. The Morgan fingerprint density at radius 2 is 1.97 bits per heavy atom. The highest BCUT2D eigenvalue weighted by Gasteiger charge is 2.39. The number of ketones is 1. The van der Waals surface area contributed by atoms with Gasteiger partial charge >= 0.3 is 6.18 Å². The standard InChI is InChI=1S/C24H24F5N5OS/c1-12(2)9-30-22-18-15(10-31-23(18)33-11-32-22)21(35)19-16(25)7-8-17(20(19)26)34-36-14-5-3-13(4-6-14)24(27,28)29/h3,5,7-8,10-14,34H,4,6,9H2,1-2H3,(H2,30,31,32,33). The molecule has 0 saturated heterocycles. The molecular weight excluding hydrogens is 501 g/mol. The van der Waals surface area contributed by atoms with Gasteiger partial charge in [-0.2, -0.15) is 13.2 Å². The van der Waals surface area contributed by atoms with Crippen LogP contribution in [0.25, 0.3) is 11.0 Å². The number of rotatable bonds is 8. The summed E-state index contributed by atoms with van der Waals surface area (Å²) in [6.45, 7) is 4.55. The van der Waals surface area contributed by atoms with E-state index in [2.05, 4.69) is 25.0 Å². The summed E-state index contributed by atoms with van der Waals surface area (Å²) < 4.78 is 71.3. The highest BCUT2D eigenvalue weighted by Crippen LogP contribution is 2.37. The summed E-state index contributed by atoms with van der Waals surface area (Å²) in [5, 5.41) is 3.11. The van der Waals surface area contributed by atoms with Crippen LogP contribution in [0.2, 0.25) is 0 Å². The number of nitrogens with zero attached hydrogens (tertiary/aromatic N) is 2. The normalized spacial score (nSPS) is 18.1. The van der Waals surface area contributed by atoms with Crippen LogP contribution in [0.4, 0.5) is 33.5 Å². The number of aromatic amines is 1. The molecule has 1 aliphatic carbocycles. The van der Waals surface area contributed by atoms with Gasteiger partial charge in [0, 0.05) is 18.0 Å². The van der Waals surface area contributed by atoms with Crippen LogP contribution < -0.4 is 10.0 Å². The zero-order valence-electron chi connectivity index (χ0n) is 19.4. The van der Waals surface area contributed by atoms with Crippen LogP contribution in [0.3, 0.4) is 0 Å². The number of alkyl halides is 3. The molecule has 3 N–H and O–H groups in total. The molecule has 2 unspecified atom stereocenters.